The van der Waals surface area contributed by atoms with E-state index in [0.717, 1.165) is 34.5 Å². The van der Waals surface area contributed by atoms with Crippen molar-refractivity contribution in [2.75, 3.05) is 26.1 Å². The molecule has 142 valence electrons. The molecule has 0 amide bonds. The Morgan fingerprint density at radius 3 is 2.70 bits per heavy atom. The molecule has 6 nitrogen and oxygen atoms in total. The molecule has 1 aromatic carbocycles. The highest BCUT2D eigenvalue weighted by Crippen LogP contribution is 2.24. The van der Waals surface area contributed by atoms with Crippen molar-refractivity contribution >= 4 is 11.8 Å². The minimum atomic E-state index is 0.601. The van der Waals surface area contributed by atoms with Gasteiger partial charge in [0.1, 0.15) is 5.75 Å². The summed E-state index contributed by atoms with van der Waals surface area (Å²) in [6.45, 7) is 4.05. The Kier molecular flexibility index (Phi) is 7.24. The number of nitrogens with zero attached hydrogens (tertiary/aromatic N) is 4. The quantitative estimate of drug-likeness (QED) is 0.392. The van der Waals surface area contributed by atoms with Crippen molar-refractivity contribution < 1.29 is 9.47 Å². The van der Waals surface area contributed by atoms with Gasteiger partial charge in [0.2, 0.25) is 0 Å². The number of hydrogen-bond donors (Lipinski definition) is 0. The van der Waals surface area contributed by atoms with E-state index in [-0.39, 0.29) is 0 Å². The highest BCUT2D eigenvalue weighted by molar-refractivity contribution is 7.99. The number of thioether (sulfide) groups is 1. The minimum Gasteiger partial charge on any atom is -0.493 e. The van der Waals surface area contributed by atoms with Crippen molar-refractivity contribution in [2.24, 2.45) is 0 Å². The van der Waals surface area contributed by atoms with Crippen molar-refractivity contribution in [1.29, 1.82) is 0 Å². The number of hydrogen-bond acceptors (Lipinski definition) is 6. The summed E-state index contributed by atoms with van der Waals surface area (Å²) in [7, 11) is 1.70. The van der Waals surface area contributed by atoms with Crippen LogP contribution in [0.4, 0.5) is 0 Å². The second-order valence-corrected chi connectivity index (χ2v) is 6.95. The van der Waals surface area contributed by atoms with Gasteiger partial charge < -0.3 is 9.47 Å². The number of benzene rings is 1. The normalized spacial score (nSPS) is 10.9. The monoisotopic (exact) mass is 384 g/mol. The zero-order chi connectivity index (χ0) is 18.9. The first-order valence-electron chi connectivity index (χ1n) is 8.99. The Labute approximate surface area is 163 Å². The van der Waals surface area contributed by atoms with Gasteiger partial charge in [-0.2, -0.15) is 0 Å². The maximum absolute atomic E-state index is 5.87. The highest BCUT2D eigenvalue weighted by atomic mass is 32.2. The van der Waals surface area contributed by atoms with Crippen molar-refractivity contribution in [2.45, 2.75) is 25.0 Å². The van der Waals surface area contributed by atoms with E-state index in [9.17, 15) is 0 Å². The first kappa shape index (κ1) is 19.4. The molecule has 0 saturated carbocycles. The summed E-state index contributed by atoms with van der Waals surface area (Å²) in [6, 6.07) is 12.1. The molecule has 0 fully saturated rings. The van der Waals surface area contributed by atoms with E-state index >= 15 is 0 Å². The third kappa shape index (κ3) is 5.30. The lowest BCUT2D eigenvalue weighted by Crippen LogP contribution is -2.08. The Bertz CT molecular complexity index is 839. The molecule has 3 rings (SSSR count). The molecule has 0 unspecified atom stereocenters. The Balaban J connectivity index is 1.63. The van der Waals surface area contributed by atoms with E-state index in [1.165, 1.54) is 5.56 Å². The Morgan fingerprint density at radius 1 is 1.07 bits per heavy atom. The van der Waals surface area contributed by atoms with Gasteiger partial charge in [0, 0.05) is 30.8 Å². The van der Waals surface area contributed by atoms with Crippen LogP contribution in [-0.2, 0) is 17.7 Å². The molecule has 0 aliphatic heterocycles. The van der Waals surface area contributed by atoms with Crippen molar-refractivity contribution in [3.8, 4) is 17.1 Å². The number of methoxy groups -OCH3 is 1. The number of pyridine rings is 1. The molecular weight excluding hydrogens is 360 g/mol. The topological polar surface area (TPSA) is 62.1 Å². The van der Waals surface area contributed by atoms with Gasteiger partial charge in [-0.3, -0.25) is 9.55 Å². The Morgan fingerprint density at radius 2 is 1.93 bits per heavy atom. The van der Waals surface area contributed by atoms with E-state index in [1.54, 1.807) is 31.3 Å². The number of ether oxygens (including phenoxy) is 2. The van der Waals surface area contributed by atoms with E-state index in [1.807, 2.05) is 24.3 Å². The summed E-state index contributed by atoms with van der Waals surface area (Å²) in [5.41, 5.74) is 2.27. The van der Waals surface area contributed by atoms with Gasteiger partial charge in [-0.15, -0.1) is 10.2 Å². The van der Waals surface area contributed by atoms with Crippen molar-refractivity contribution in [3.05, 3.63) is 54.4 Å². The molecule has 0 atom stereocenters. The smallest absolute Gasteiger partial charge is 0.191 e. The van der Waals surface area contributed by atoms with Gasteiger partial charge in [-0.1, -0.05) is 30.8 Å². The van der Waals surface area contributed by atoms with E-state index < -0.39 is 0 Å². The van der Waals surface area contributed by atoms with Crippen molar-refractivity contribution in [1.82, 2.24) is 19.7 Å². The number of aromatic nitrogens is 4. The molecule has 27 heavy (non-hydrogen) atoms. The predicted octanol–water partition coefficient (Wildman–Crippen LogP) is 3.72. The highest BCUT2D eigenvalue weighted by Gasteiger charge is 2.14. The van der Waals surface area contributed by atoms with Crippen LogP contribution < -0.4 is 4.74 Å². The lowest BCUT2D eigenvalue weighted by atomic mass is 10.2. The Hall–Kier alpha value is -2.38. The second-order valence-electron chi connectivity index (χ2n) is 5.88. The van der Waals surface area contributed by atoms with Crippen LogP contribution in [0, 0.1) is 0 Å². The SMILES string of the molecule is CCc1cccc(OCCSc2nnc(-c3ccncc3)n2CCOC)c1. The first-order valence-corrected chi connectivity index (χ1v) is 9.97. The molecule has 2 aromatic heterocycles. The average Bonchev–Trinajstić information content (AvgIpc) is 3.13. The fourth-order valence-corrected chi connectivity index (χ4v) is 3.42. The maximum atomic E-state index is 5.87. The summed E-state index contributed by atoms with van der Waals surface area (Å²) in [5.74, 6) is 2.53. The van der Waals surface area contributed by atoms with Crippen molar-refractivity contribution in [3.63, 3.8) is 0 Å². The molecule has 7 heteroatoms. The van der Waals surface area contributed by atoms with Crippen LogP contribution in [0.2, 0.25) is 0 Å². The zero-order valence-electron chi connectivity index (χ0n) is 15.7. The summed E-state index contributed by atoms with van der Waals surface area (Å²) in [6.07, 6.45) is 4.53. The third-order valence-corrected chi connectivity index (χ3v) is 5.00. The van der Waals surface area contributed by atoms with Crippen LogP contribution in [0.15, 0.2) is 53.9 Å². The third-order valence-electron chi connectivity index (χ3n) is 4.06. The largest absolute Gasteiger partial charge is 0.493 e. The summed E-state index contributed by atoms with van der Waals surface area (Å²) >= 11 is 1.64. The average molecular weight is 385 g/mol. The summed E-state index contributed by atoms with van der Waals surface area (Å²) in [4.78, 5) is 4.07. The number of aryl methyl sites for hydroxylation is 1. The summed E-state index contributed by atoms with van der Waals surface area (Å²) in [5, 5.41) is 9.59. The molecule has 0 aliphatic carbocycles. The molecule has 0 N–H and O–H groups in total. The van der Waals surface area contributed by atoms with Gasteiger partial charge in [-0.05, 0) is 36.2 Å². The molecule has 0 spiro atoms. The van der Waals surface area contributed by atoms with Gasteiger partial charge in [0.05, 0.1) is 19.8 Å². The van der Waals surface area contributed by atoms with Gasteiger partial charge >= 0.3 is 0 Å². The lowest BCUT2D eigenvalue weighted by Gasteiger charge is -2.10. The zero-order valence-corrected chi connectivity index (χ0v) is 16.5. The second kappa shape index (κ2) is 10.1. The maximum Gasteiger partial charge on any atom is 0.191 e. The van der Waals surface area contributed by atoms with Crippen LogP contribution in [0.3, 0.4) is 0 Å². The molecule has 0 aliphatic rings. The van der Waals surface area contributed by atoms with Gasteiger partial charge in [0.15, 0.2) is 11.0 Å². The van der Waals surface area contributed by atoms with Gasteiger partial charge in [-0.25, -0.2) is 0 Å². The molecule has 0 bridgehead atoms. The van der Waals surface area contributed by atoms with Crippen LogP contribution in [0.5, 0.6) is 5.75 Å². The van der Waals surface area contributed by atoms with E-state index in [4.69, 9.17) is 9.47 Å². The minimum absolute atomic E-state index is 0.601. The van der Waals surface area contributed by atoms with E-state index in [0.29, 0.717) is 19.8 Å². The molecule has 2 heterocycles. The lowest BCUT2D eigenvalue weighted by molar-refractivity contribution is 0.185. The fourth-order valence-electron chi connectivity index (χ4n) is 2.64. The standard InChI is InChI=1S/C20H24N4O2S/c1-3-16-5-4-6-18(15-16)26-13-14-27-20-23-22-19(24(20)11-12-25-2)17-7-9-21-10-8-17/h4-10,15H,3,11-14H2,1-2H3. The van der Waals surface area contributed by atoms with Crippen LogP contribution in [0.25, 0.3) is 11.4 Å². The molecular formula is C20H24N4O2S. The summed E-state index contributed by atoms with van der Waals surface area (Å²) < 4.78 is 13.2. The number of rotatable bonds is 10. The first-order chi connectivity index (χ1) is 13.3. The van der Waals surface area contributed by atoms with Crippen LogP contribution in [0.1, 0.15) is 12.5 Å². The molecule has 0 saturated heterocycles. The predicted molar refractivity (Wildman–Crippen MR) is 107 cm³/mol. The van der Waals surface area contributed by atoms with Gasteiger partial charge in [0.25, 0.3) is 0 Å². The molecule has 3 aromatic rings. The van der Waals surface area contributed by atoms with Crippen LogP contribution >= 0.6 is 11.8 Å². The van der Waals surface area contributed by atoms with E-state index in [2.05, 4.69) is 38.8 Å². The molecule has 0 radical (unpaired) electrons. The van der Waals surface area contributed by atoms with Crippen LogP contribution in [-0.4, -0.2) is 45.8 Å². The fraction of sp³-hybridized carbons (Fsp3) is 0.350.